The number of esters is 2. The molecule has 1 atom stereocenters. The highest BCUT2D eigenvalue weighted by atomic mass is 31.2. The molecule has 0 bridgehead atoms. The molecule has 0 aromatic rings. The molecule has 0 saturated heterocycles. The summed E-state index contributed by atoms with van der Waals surface area (Å²) < 4.78 is 26.1. The van der Waals surface area contributed by atoms with Gasteiger partial charge in [-0.1, -0.05) is 132 Å². The normalized spacial score (nSPS) is 13.2. The van der Waals surface area contributed by atoms with Gasteiger partial charge in [0.2, 0.25) is 0 Å². The van der Waals surface area contributed by atoms with Gasteiger partial charge in [0, 0.05) is 12.8 Å². The van der Waals surface area contributed by atoms with Crippen LogP contribution in [0.5, 0.6) is 0 Å². The number of ether oxygens (including phenoxy) is 2. The molecule has 0 heterocycles. The fraction of sp³-hybridized carbons (Fsp3) is 0.667. The van der Waals surface area contributed by atoms with Gasteiger partial charge in [0.05, 0.1) is 6.61 Å². The van der Waals surface area contributed by atoms with Crippen molar-refractivity contribution in [2.24, 2.45) is 0 Å². The average molecular weight is 653 g/mol. The number of allylic oxidation sites excluding steroid dienone is 10. The predicted molar refractivity (Wildman–Crippen MR) is 184 cm³/mol. The fourth-order valence-corrected chi connectivity index (χ4v) is 4.65. The molecular formula is C36H61O8P. The molecule has 0 amide bonds. The number of hydrogen-bond donors (Lipinski definition) is 2. The van der Waals surface area contributed by atoms with Gasteiger partial charge in [0.15, 0.2) is 6.10 Å². The van der Waals surface area contributed by atoms with Crippen LogP contribution in [0.15, 0.2) is 60.8 Å². The molecular weight excluding hydrogens is 591 g/mol. The molecule has 0 aliphatic rings. The Bertz CT molecular complexity index is 916. The van der Waals surface area contributed by atoms with Crippen LogP contribution in [0.3, 0.4) is 0 Å². The summed E-state index contributed by atoms with van der Waals surface area (Å²) in [5.74, 6) is -0.961. The van der Waals surface area contributed by atoms with Gasteiger partial charge in [-0.05, 0) is 51.4 Å². The van der Waals surface area contributed by atoms with Crippen molar-refractivity contribution in [2.75, 3.05) is 13.2 Å². The lowest BCUT2D eigenvalue weighted by Gasteiger charge is -2.18. The van der Waals surface area contributed by atoms with Crippen LogP contribution in [0.4, 0.5) is 0 Å². The van der Waals surface area contributed by atoms with Crippen molar-refractivity contribution < 1.29 is 37.9 Å². The summed E-state index contributed by atoms with van der Waals surface area (Å²) in [5, 5.41) is 0. The number of rotatable bonds is 30. The van der Waals surface area contributed by atoms with Gasteiger partial charge in [0.25, 0.3) is 0 Å². The summed E-state index contributed by atoms with van der Waals surface area (Å²) in [4.78, 5) is 42.5. The zero-order chi connectivity index (χ0) is 33.3. The quantitative estimate of drug-likeness (QED) is 0.0341. The lowest BCUT2D eigenvalue weighted by atomic mass is 10.1. The molecule has 0 spiro atoms. The van der Waals surface area contributed by atoms with Crippen molar-refractivity contribution in [3.8, 4) is 0 Å². The minimum absolute atomic E-state index is 0.132. The molecule has 8 nitrogen and oxygen atoms in total. The Labute approximate surface area is 273 Å². The summed E-state index contributed by atoms with van der Waals surface area (Å²) in [5.41, 5.74) is 0. The van der Waals surface area contributed by atoms with Gasteiger partial charge in [-0.2, -0.15) is 0 Å². The van der Waals surface area contributed by atoms with Crippen molar-refractivity contribution in [1.29, 1.82) is 0 Å². The van der Waals surface area contributed by atoms with E-state index in [-0.39, 0.29) is 19.4 Å². The van der Waals surface area contributed by atoms with Gasteiger partial charge in [-0.25, -0.2) is 4.57 Å². The highest BCUT2D eigenvalue weighted by Gasteiger charge is 2.22. The first kappa shape index (κ1) is 42.8. The summed E-state index contributed by atoms with van der Waals surface area (Å²) >= 11 is 0. The van der Waals surface area contributed by atoms with Crippen molar-refractivity contribution in [2.45, 2.75) is 142 Å². The van der Waals surface area contributed by atoms with Crippen molar-refractivity contribution >= 4 is 19.8 Å². The van der Waals surface area contributed by atoms with E-state index in [1.54, 1.807) is 0 Å². The van der Waals surface area contributed by atoms with Crippen LogP contribution in [0.2, 0.25) is 0 Å². The van der Waals surface area contributed by atoms with Crippen molar-refractivity contribution in [1.82, 2.24) is 0 Å². The Morgan fingerprint density at radius 2 is 1.07 bits per heavy atom. The molecule has 9 heteroatoms. The van der Waals surface area contributed by atoms with Crippen LogP contribution in [0.1, 0.15) is 136 Å². The molecule has 0 saturated carbocycles. The molecule has 45 heavy (non-hydrogen) atoms. The van der Waals surface area contributed by atoms with E-state index in [2.05, 4.69) is 67.0 Å². The second-order valence-corrected chi connectivity index (χ2v) is 12.4. The molecule has 2 N–H and O–H groups in total. The molecule has 0 unspecified atom stereocenters. The zero-order valence-electron chi connectivity index (χ0n) is 28.0. The third-order valence-electron chi connectivity index (χ3n) is 6.80. The molecule has 0 aliphatic heterocycles. The highest BCUT2D eigenvalue weighted by Crippen LogP contribution is 2.35. The summed E-state index contributed by atoms with van der Waals surface area (Å²) in [6.45, 7) is 3.48. The standard InChI is InChI=1S/C36H61O8P/c1-3-5-7-9-11-13-15-16-17-18-19-20-21-23-25-27-29-31-36(38)44-34(33-43-45(39,40)41)32-42-35(37)30-28-26-24-22-14-12-10-8-6-4-2/h5,7,11,13,16-17,19-20,23,25,34H,3-4,6,8-10,12,14-15,18,21-22,24,26-33H2,1-2H3,(H2,39,40,41)/b7-5-,13-11-,17-16-,20-19-,25-23-/t34-/m1/s1. The van der Waals surface area contributed by atoms with Crippen LogP contribution in [-0.4, -0.2) is 41.0 Å². The first-order valence-electron chi connectivity index (χ1n) is 17.1. The van der Waals surface area contributed by atoms with Crippen molar-refractivity contribution in [3.05, 3.63) is 60.8 Å². The Balaban J connectivity index is 4.14. The molecule has 0 aromatic carbocycles. The molecule has 0 radical (unpaired) electrons. The maximum absolute atomic E-state index is 12.3. The van der Waals surface area contributed by atoms with Crippen LogP contribution >= 0.6 is 7.82 Å². The first-order chi connectivity index (χ1) is 21.8. The third kappa shape index (κ3) is 34.5. The van der Waals surface area contributed by atoms with E-state index in [1.165, 1.54) is 44.9 Å². The van der Waals surface area contributed by atoms with Gasteiger partial charge < -0.3 is 19.3 Å². The third-order valence-corrected chi connectivity index (χ3v) is 7.29. The number of unbranched alkanes of at least 4 members (excludes halogenated alkanes) is 10. The van der Waals surface area contributed by atoms with Crippen LogP contribution < -0.4 is 0 Å². The van der Waals surface area contributed by atoms with Gasteiger partial charge >= 0.3 is 19.8 Å². The van der Waals surface area contributed by atoms with E-state index in [0.29, 0.717) is 19.3 Å². The van der Waals surface area contributed by atoms with E-state index in [4.69, 9.17) is 19.3 Å². The lowest BCUT2D eigenvalue weighted by molar-refractivity contribution is -0.161. The molecule has 0 aromatic heterocycles. The zero-order valence-corrected chi connectivity index (χ0v) is 28.9. The summed E-state index contributed by atoms with van der Waals surface area (Å²) in [6.07, 6.45) is 38.1. The van der Waals surface area contributed by atoms with Crippen LogP contribution in [-0.2, 0) is 28.2 Å². The smallest absolute Gasteiger partial charge is 0.462 e. The maximum atomic E-state index is 12.3. The molecule has 0 fully saturated rings. The SMILES string of the molecule is CC/C=C\C/C=C\C/C=C\C/C=C\C/C=C\CCCC(=O)O[C@H](COC(=O)CCCCCCCCCCCC)COP(=O)(O)O. The molecule has 0 aliphatic carbocycles. The minimum Gasteiger partial charge on any atom is -0.462 e. The van der Waals surface area contributed by atoms with E-state index in [1.807, 2.05) is 12.2 Å². The molecule has 258 valence electrons. The fourth-order valence-electron chi connectivity index (χ4n) is 4.29. The predicted octanol–water partition coefficient (Wildman–Crippen LogP) is 9.78. The number of carbonyl (C=O) groups is 2. The maximum Gasteiger partial charge on any atom is 0.469 e. The monoisotopic (exact) mass is 652 g/mol. The average Bonchev–Trinajstić information content (AvgIpc) is 3.00. The van der Waals surface area contributed by atoms with Gasteiger partial charge in [-0.15, -0.1) is 0 Å². The molecule has 0 rings (SSSR count). The largest absolute Gasteiger partial charge is 0.469 e. The Morgan fingerprint density at radius 3 is 1.58 bits per heavy atom. The van der Waals surface area contributed by atoms with E-state index in [9.17, 15) is 14.2 Å². The lowest BCUT2D eigenvalue weighted by Crippen LogP contribution is -2.29. The van der Waals surface area contributed by atoms with E-state index >= 15 is 0 Å². The number of phosphoric ester groups is 1. The number of carbonyl (C=O) groups excluding carboxylic acids is 2. The Kier molecular flexibility index (Phi) is 30.1. The number of hydrogen-bond acceptors (Lipinski definition) is 6. The van der Waals surface area contributed by atoms with Gasteiger partial charge in [-0.3, -0.25) is 14.1 Å². The topological polar surface area (TPSA) is 119 Å². The highest BCUT2D eigenvalue weighted by molar-refractivity contribution is 7.46. The Morgan fingerprint density at radius 1 is 0.600 bits per heavy atom. The van der Waals surface area contributed by atoms with Crippen molar-refractivity contribution in [3.63, 3.8) is 0 Å². The van der Waals surface area contributed by atoms with Gasteiger partial charge in [0.1, 0.15) is 6.61 Å². The number of phosphoric acid groups is 1. The summed E-state index contributed by atoms with van der Waals surface area (Å²) in [7, 11) is -4.76. The minimum atomic E-state index is -4.76. The second-order valence-electron chi connectivity index (χ2n) is 11.1. The Hall–Kier alpha value is -2.25. The van der Waals surface area contributed by atoms with Crippen LogP contribution in [0.25, 0.3) is 0 Å². The second kappa shape index (κ2) is 31.7. The van der Waals surface area contributed by atoms with Crippen LogP contribution in [0, 0.1) is 0 Å². The first-order valence-corrected chi connectivity index (χ1v) is 18.6. The van der Waals surface area contributed by atoms with E-state index in [0.717, 1.165) is 44.9 Å². The summed E-state index contributed by atoms with van der Waals surface area (Å²) in [6, 6.07) is 0. The van der Waals surface area contributed by atoms with E-state index < -0.39 is 32.5 Å².